The molecule has 2 aromatic rings. The SMILES string of the molecule is Cc1[nH]ncc1S(=O)(=O)NCCc1ccccn1. The van der Waals surface area contributed by atoms with Crippen LogP contribution in [-0.2, 0) is 16.4 Å². The molecule has 0 aromatic carbocycles. The minimum absolute atomic E-state index is 0.184. The normalized spacial score (nSPS) is 11.6. The van der Waals surface area contributed by atoms with Crippen LogP contribution < -0.4 is 4.72 Å². The zero-order valence-corrected chi connectivity index (χ0v) is 10.7. The zero-order valence-electron chi connectivity index (χ0n) is 9.92. The van der Waals surface area contributed by atoms with Gasteiger partial charge in [-0.1, -0.05) is 6.07 Å². The molecular weight excluding hydrogens is 252 g/mol. The van der Waals surface area contributed by atoms with Crippen molar-refractivity contribution in [2.75, 3.05) is 6.54 Å². The molecule has 7 heteroatoms. The maximum atomic E-state index is 11.9. The first-order valence-electron chi connectivity index (χ1n) is 5.49. The lowest BCUT2D eigenvalue weighted by Gasteiger charge is -2.05. The molecule has 0 amide bonds. The van der Waals surface area contributed by atoms with Gasteiger partial charge in [-0.05, 0) is 19.1 Å². The molecule has 96 valence electrons. The maximum Gasteiger partial charge on any atom is 0.243 e. The average Bonchev–Trinajstić information content (AvgIpc) is 2.77. The van der Waals surface area contributed by atoms with Crippen LogP contribution in [-0.4, -0.2) is 30.1 Å². The predicted molar refractivity (Wildman–Crippen MR) is 66.5 cm³/mol. The van der Waals surface area contributed by atoms with Crippen LogP contribution >= 0.6 is 0 Å². The lowest BCUT2D eigenvalue weighted by atomic mass is 10.3. The van der Waals surface area contributed by atoms with Crippen molar-refractivity contribution in [3.63, 3.8) is 0 Å². The van der Waals surface area contributed by atoms with Gasteiger partial charge >= 0.3 is 0 Å². The van der Waals surface area contributed by atoms with Crippen molar-refractivity contribution < 1.29 is 8.42 Å². The van der Waals surface area contributed by atoms with E-state index >= 15 is 0 Å². The standard InChI is InChI=1S/C11H14N4O2S/c1-9-11(8-13-15-9)18(16,17)14-7-5-10-4-2-3-6-12-10/h2-4,6,8,14H,5,7H2,1H3,(H,13,15). The van der Waals surface area contributed by atoms with E-state index in [0.29, 0.717) is 18.7 Å². The van der Waals surface area contributed by atoms with Crippen molar-refractivity contribution in [1.82, 2.24) is 19.9 Å². The summed E-state index contributed by atoms with van der Waals surface area (Å²) in [5.41, 5.74) is 1.38. The number of H-pyrrole nitrogens is 1. The Kier molecular flexibility index (Phi) is 3.73. The van der Waals surface area contributed by atoms with Gasteiger partial charge in [0, 0.05) is 24.9 Å². The number of pyridine rings is 1. The molecule has 0 spiro atoms. The van der Waals surface area contributed by atoms with Crippen molar-refractivity contribution in [2.45, 2.75) is 18.2 Å². The quantitative estimate of drug-likeness (QED) is 0.831. The van der Waals surface area contributed by atoms with Crippen LogP contribution in [0.15, 0.2) is 35.5 Å². The summed E-state index contributed by atoms with van der Waals surface area (Å²) in [7, 11) is -3.49. The van der Waals surface area contributed by atoms with Crippen LogP contribution in [0.2, 0.25) is 0 Å². The summed E-state index contributed by atoms with van der Waals surface area (Å²) in [5, 5.41) is 6.30. The summed E-state index contributed by atoms with van der Waals surface area (Å²) in [4.78, 5) is 4.31. The fourth-order valence-corrected chi connectivity index (χ4v) is 2.71. The number of hydrogen-bond donors (Lipinski definition) is 2. The summed E-state index contributed by atoms with van der Waals surface area (Å²) in [5.74, 6) is 0. The lowest BCUT2D eigenvalue weighted by molar-refractivity contribution is 0.581. The van der Waals surface area contributed by atoms with E-state index in [1.807, 2.05) is 18.2 Å². The van der Waals surface area contributed by atoms with E-state index in [-0.39, 0.29) is 4.90 Å². The molecule has 0 aliphatic heterocycles. The van der Waals surface area contributed by atoms with Gasteiger partial charge in [-0.25, -0.2) is 13.1 Å². The van der Waals surface area contributed by atoms with Gasteiger partial charge in [-0.2, -0.15) is 5.10 Å². The molecule has 2 N–H and O–H groups in total. The highest BCUT2D eigenvalue weighted by molar-refractivity contribution is 7.89. The Morgan fingerprint density at radius 3 is 2.83 bits per heavy atom. The van der Waals surface area contributed by atoms with Gasteiger partial charge in [0.05, 0.1) is 11.9 Å². The number of rotatable bonds is 5. The van der Waals surface area contributed by atoms with E-state index in [4.69, 9.17) is 0 Å². The van der Waals surface area contributed by atoms with Gasteiger partial charge < -0.3 is 0 Å². The van der Waals surface area contributed by atoms with E-state index < -0.39 is 10.0 Å². The molecule has 0 radical (unpaired) electrons. The highest BCUT2D eigenvalue weighted by Gasteiger charge is 2.17. The largest absolute Gasteiger partial charge is 0.281 e. The second-order valence-electron chi connectivity index (χ2n) is 3.83. The number of aromatic nitrogens is 3. The average molecular weight is 266 g/mol. The second kappa shape index (κ2) is 5.28. The molecule has 0 aliphatic rings. The van der Waals surface area contributed by atoms with Gasteiger partial charge in [0.15, 0.2) is 0 Å². The van der Waals surface area contributed by atoms with Gasteiger partial charge in [0.1, 0.15) is 4.90 Å². The predicted octanol–water partition coefficient (Wildman–Crippen LogP) is 0.634. The summed E-state index contributed by atoms with van der Waals surface area (Å²) in [6, 6.07) is 5.55. The van der Waals surface area contributed by atoms with Gasteiger partial charge in [-0.15, -0.1) is 0 Å². The molecule has 0 unspecified atom stereocenters. The van der Waals surface area contributed by atoms with E-state index in [9.17, 15) is 8.42 Å². The van der Waals surface area contributed by atoms with Gasteiger partial charge in [-0.3, -0.25) is 10.1 Å². The Balaban J connectivity index is 1.97. The van der Waals surface area contributed by atoms with Crippen molar-refractivity contribution >= 4 is 10.0 Å². The Morgan fingerprint density at radius 2 is 2.22 bits per heavy atom. The molecule has 0 saturated carbocycles. The molecule has 0 saturated heterocycles. The highest BCUT2D eigenvalue weighted by Crippen LogP contribution is 2.10. The lowest BCUT2D eigenvalue weighted by Crippen LogP contribution is -2.26. The molecule has 0 bridgehead atoms. The monoisotopic (exact) mass is 266 g/mol. The van der Waals surface area contributed by atoms with Crippen LogP contribution in [0.4, 0.5) is 0 Å². The number of nitrogens with one attached hydrogen (secondary N) is 2. The number of sulfonamides is 1. The van der Waals surface area contributed by atoms with Crippen molar-refractivity contribution in [2.24, 2.45) is 0 Å². The Morgan fingerprint density at radius 1 is 1.39 bits per heavy atom. The van der Waals surface area contributed by atoms with Crippen molar-refractivity contribution in [3.05, 3.63) is 42.0 Å². The van der Waals surface area contributed by atoms with Crippen LogP contribution in [0, 0.1) is 6.92 Å². The third kappa shape index (κ3) is 2.93. The molecule has 0 aliphatic carbocycles. The van der Waals surface area contributed by atoms with E-state index in [1.165, 1.54) is 6.20 Å². The van der Waals surface area contributed by atoms with Crippen LogP contribution in [0.5, 0.6) is 0 Å². The Labute approximate surface area is 106 Å². The minimum atomic E-state index is -3.49. The van der Waals surface area contributed by atoms with Crippen molar-refractivity contribution in [3.8, 4) is 0 Å². The second-order valence-corrected chi connectivity index (χ2v) is 5.56. The fraction of sp³-hybridized carbons (Fsp3) is 0.273. The molecule has 18 heavy (non-hydrogen) atoms. The van der Waals surface area contributed by atoms with E-state index in [1.54, 1.807) is 13.1 Å². The molecule has 2 heterocycles. The number of aromatic amines is 1. The maximum absolute atomic E-state index is 11.9. The van der Waals surface area contributed by atoms with Crippen LogP contribution in [0.3, 0.4) is 0 Å². The highest BCUT2D eigenvalue weighted by atomic mass is 32.2. The summed E-state index contributed by atoms with van der Waals surface area (Å²) >= 11 is 0. The number of aryl methyl sites for hydroxylation is 1. The smallest absolute Gasteiger partial charge is 0.243 e. The van der Waals surface area contributed by atoms with Crippen molar-refractivity contribution in [1.29, 1.82) is 0 Å². The first kappa shape index (κ1) is 12.7. The first-order chi connectivity index (χ1) is 8.59. The first-order valence-corrected chi connectivity index (χ1v) is 6.97. The number of nitrogens with zero attached hydrogens (tertiary/aromatic N) is 2. The fourth-order valence-electron chi connectivity index (χ4n) is 1.55. The topological polar surface area (TPSA) is 87.7 Å². The summed E-state index contributed by atoms with van der Waals surface area (Å²) < 4.78 is 26.3. The third-order valence-corrected chi connectivity index (χ3v) is 4.05. The van der Waals surface area contributed by atoms with Crippen LogP contribution in [0.1, 0.15) is 11.4 Å². The Bertz CT molecular complexity index is 607. The number of hydrogen-bond acceptors (Lipinski definition) is 4. The zero-order chi connectivity index (χ0) is 13.0. The van der Waals surface area contributed by atoms with Gasteiger partial charge in [0.2, 0.25) is 10.0 Å². The van der Waals surface area contributed by atoms with E-state index in [0.717, 1.165) is 5.69 Å². The summed E-state index contributed by atoms with van der Waals surface area (Å²) in [6.07, 6.45) is 3.54. The minimum Gasteiger partial charge on any atom is -0.281 e. The van der Waals surface area contributed by atoms with Crippen LogP contribution in [0.25, 0.3) is 0 Å². The van der Waals surface area contributed by atoms with Gasteiger partial charge in [0.25, 0.3) is 0 Å². The molecule has 0 fully saturated rings. The third-order valence-electron chi connectivity index (χ3n) is 2.47. The molecule has 0 atom stereocenters. The molecule has 2 rings (SSSR count). The molecule has 2 aromatic heterocycles. The molecule has 6 nitrogen and oxygen atoms in total. The Hall–Kier alpha value is -1.73. The molecular formula is C11H14N4O2S. The van der Waals surface area contributed by atoms with E-state index in [2.05, 4.69) is 19.9 Å². The summed E-state index contributed by atoms with van der Waals surface area (Å²) in [6.45, 7) is 1.98.